The minimum absolute atomic E-state index is 0.0450. The van der Waals surface area contributed by atoms with Gasteiger partial charge in [-0.3, -0.25) is 0 Å². The molecule has 0 radical (unpaired) electrons. The van der Waals surface area contributed by atoms with Crippen LogP contribution in [-0.2, 0) is 6.42 Å². The van der Waals surface area contributed by atoms with Crippen molar-refractivity contribution < 1.29 is 9.52 Å². The normalized spacial score (nSPS) is 10.4. The van der Waals surface area contributed by atoms with E-state index in [-0.39, 0.29) is 5.75 Å². The van der Waals surface area contributed by atoms with Gasteiger partial charge in [0.05, 0.1) is 4.51 Å². The second kappa shape index (κ2) is 3.87. The van der Waals surface area contributed by atoms with Crippen molar-refractivity contribution in [3.05, 3.63) is 47.2 Å². The summed E-state index contributed by atoms with van der Waals surface area (Å²) in [6.45, 7) is 3.60. The van der Waals surface area contributed by atoms with Crippen LogP contribution in [0.1, 0.15) is 5.76 Å². The molecule has 0 unspecified atom stereocenters. The van der Waals surface area contributed by atoms with Gasteiger partial charge in [-0.05, 0) is 12.1 Å². The molecule has 0 aliphatic carbocycles. The predicted molar refractivity (Wildman–Crippen MR) is 62.6 cm³/mol. The summed E-state index contributed by atoms with van der Waals surface area (Å²) < 4.78 is 5.96. The zero-order chi connectivity index (χ0) is 10.8. The molecule has 0 atom stereocenters. The van der Waals surface area contributed by atoms with E-state index in [0.29, 0.717) is 22.3 Å². The number of hydrogen-bond donors (Lipinski definition) is 1. The number of aromatic hydroxyl groups is 1. The molecule has 15 heavy (non-hydrogen) atoms. The Morgan fingerprint density at radius 2 is 2.13 bits per heavy atom. The summed E-state index contributed by atoms with van der Waals surface area (Å²) in [5, 5.41) is 10.5. The van der Waals surface area contributed by atoms with E-state index in [1.807, 2.05) is 24.3 Å². The Morgan fingerprint density at radius 3 is 2.87 bits per heavy atom. The van der Waals surface area contributed by atoms with Crippen LogP contribution < -0.4 is 0 Å². The van der Waals surface area contributed by atoms with Gasteiger partial charge in [0, 0.05) is 11.8 Å². The Morgan fingerprint density at radius 1 is 1.40 bits per heavy atom. The van der Waals surface area contributed by atoms with Crippen LogP contribution in [0.3, 0.4) is 0 Å². The van der Waals surface area contributed by atoms with Crippen molar-refractivity contribution in [2.75, 3.05) is 0 Å². The maximum atomic E-state index is 9.78. The van der Waals surface area contributed by atoms with Crippen LogP contribution in [0.5, 0.6) is 5.75 Å². The number of fused-ring (bicyclic) bond motifs is 1. The fraction of sp³-hybridized carbons (Fsp3) is 0.0833. The highest BCUT2D eigenvalue weighted by atomic mass is 32.1. The topological polar surface area (TPSA) is 33.4 Å². The smallest absolute Gasteiger partial charge is 0.173 e. The second-order valence-corrected chi connectivity index (χ2v) is 3.60. The van der Waals surface area contributed by atoms with Crippen LogP contribution in [0.15, 0.2) is 41.3 Å². The molecular formula is C12H10O2S. The lowest BCUT2D eigenvalue weighted by atomic mass is 10.2. The quantitative estimate of drug-likeness (QED) is 0.617. The molecule has 0 saturated heterocycles. The summed E-state index contributed by atoms with van der Waals surface area (Å²) in [5.74, 6) is 0.511. The molecule has 2 rings (SSSR count). The Bertz CT molecular complexity index is 569. The highest BCUT2D eigenvalue weighted by molar-refractivity contribution is 7.71. The third-order valence-corrected chi connectivity index (χ3v) is 2.59. The van der Waals surface area contributed by atoms with Gasteiger partial charge in [-0.15, -0.1) is 6.58 Å². The number of allylic oxidation sites excluding steroid dienone is 1. The van der Waals surface area contributed by atoms with Gasteiger partial charge >= 0.3 is 0 Å². The van der Waals surface area contributed by atoms with Crippen molar-refractivity contribution in [3.63, 3.8) is 0 Å². The van der Waals surface area contributed by atoms with Gasteiger partial charge in [0.1, 0.15) is 5.58 Å². The van der Waals surface area contributed by atoms with Crippen molar-refractivity contribution in [2.45, 2.75) is 6.42 Å². The van der Waals surface area contributed by atoms with Crippen LogP contribution in [0.25, 0.3) is 11.0 Å². The highest BCUT2D eigenvalue weighted by Crippen LogP contribution is 2.27. The van der Waals surface area contributed by atoms with Gasteiger partial charge in [0.15, 0.2) is 11.5 Å². The maximum Gasteiger partial charge on any atom is 0.173 e. The van der Waals surface area contributed by atoms with Crippen LogP contribution in [0, 0.1) is 4.51 Å². The Labute approximate surface area is 92.5 Å². The molecule has 1 heterocycles. The van der Waals surface area contributed by atoms with Crippen molar-refractivity contribution in [1.29, 1.82) is 0 Å². The Hall–Kier alpha value is -1.61. The van der Waals surface area contributed by atoms with Crippen LogP contribution in [0.4, 0.5) is 0 Å². The minimum Gasteiger partial charge on any atom is -0.503 e. The van der Waals surface area contributed by atoms with Crippen molar-refractivity contribution in [2.24, 2.45) is 0 Å². The molecule has 0 saturated carbocycles. The molecule has 0 fully saturated rings. The summed E-state index contributed by atoms with van der Waals surface area (Å²) in [4.78, 5) is 0. The lowest BCUT2D eigenvalue weighted by Gasteiger charge is -2.04. The SMILES string of the molecule is C=CCc1oc2ccccc2c(=S)c1O. The van der Waals surface area contributed by atoms with E-state index < -0.39 is 0 Å². The summed E-state index contributed by atoms with van der Waals surface area (Å²) >= 11 is 5.15. The number of rotatable bonds is 2. The fourth-order valence-electron chi connectivity index (χ4n) is 1.45. The molecule has 1 aromatic heterocycles. The zero-order valence-electron chi connectivity index (χ0n) is 8.06. The van der Waals surface area contributed by atoms with Crippen LogP contribution >= 0.6 is 12.2 Å². The molecule has 1 aromatic carbocycles. The number of para-hydroxylation sites is 1. The molecule has 2 nitrogen and oxygen atoms in total. The largest absolute Gasteiger partial charge is 0.503 e. The molecule has 0 aliphatic rings. The lowest BCUT2D eigenvalue weighted by Crippen LogP contribution is -1.85. The zero-order valence-corrected chi connectivity index (χ0v) is 8.88. The predicted octanol–water partition coefficient (Wildman–Crippen LogP) is 3.60. The van der Waals surface area contributed by atoms with E-state index >= 15 is 0 Å². The van der Waals surface area contributed by atoms with Crippen LogP contribution in [0.2, 0.25) is 0 Å². The van der Waals surface area contributed by atoms with Crippen LogP contribution in [-0.4, -0.2) is 5.11 Å². The van der Waals surface area contributed by atoms with Gasteiger partial charge in [-0.1, -0.05) is 30.4 Å². The van der Waals surface area contributed by atoms with Gasteiger partial charge in [0.25, 0.3) is 0 Å². The second-order valence-electron chi connectivity index (χ2n) is 3.19. The highest BCUT2D eigenvalue weighted by Gasteiger charge is 2.08. The molecule has 1 N–H and O–H groups in total. The van der Waals surface area contributed by atoms with Gasteiger partial charge in [-0.2, -0.15) is 0 Å². The first-order valence-corrected chi connectivity index (χ1v) is 4.99. The van der Waals surface area contributed by atoms with E-state index in [1.165, 1.54) is 0 Å². The fourth-order valence-corrected chi connectivity index (χ4v) is 1.73. The van der Waals surface area contributed by atoms with Crippen molar-refractivity contribution >= 4 is 23.2 Å². The molecule has 76 valence electrons. The standard InChI is InChI=1S/C12H10O2S/c1-2-5-10-11(13)12(15)8-6-3-4-7-9(8)14-10/h2-4,6-7,13H,1,5H2. The van der Waals surface area contributed by atoms with E-state index in [1.54, 1.807) is 6.08 Å². The third-order valence-electron chi connectivity index (χ3n) is 2.17. The average molecular weight is 218 g/mol. The monoisotopic (exact) mass is 218 g/mol. The van der Waals surface area contributed by atoms with Gasteiger partial charge in [-0.25, -0.2) is 0 Å². The Kier molecular flexibility index (Phi) is 2.56. The third kappa shape index (κ3) is 1.66. The van der Waals surface area contributed by atoms with E-state index in [2.05, 4.69) is 6.58 Å². The summed E-state index contributed by atoms with van der Waals surface area (Å²) in [6, 6.07) is 7.39. The first kappa shape index (κ1) is 9.93. The number of hydrogen-bond acceptors (Lipinski definition) is 3. The summed E-state index contributed by atoms with van der Waals surface area (Å²) in [5.41, 5.74) is 0.692. The molecule has 0 bridgehead atoms. The molecule has 0 amide bonds. The molecule has 0 aliphatic heterocycles. The van der Waals surface area contributed by atoms with Gasteiger partial charge < -0.3 is 9.52 Å². The lowest BCUT2D eigenvalue weighted by molar-refractivity contribution is 0.425. The summed E-state index contributed by atoms with van der Waals surface area (Å²) in [6.07, 6.45) is 2.14. The molecular weight excluding hydrogens is 208 g/mol. The maximum absolute atomic E-state index is 9.78. The van der Waals surface area contributed by atoms with Crippen molar-refractivity contribution in [1.82, 2.24) is 0 Å². The van der Waals surface area contributed by atoms with E-state index in [9.17, 15) is 5.11 Å². The van der Waals surface area contributed by atoms with Gasteiger partial charge in [0.2, 0.25) is 0 Å². The Balaban J connectivity index is 2.82. The van der Waals surface area contributed by atoms with E-state index in [0.717, 1.165) is 5.39 Å². The first-order valence-electron chi connectivity index (χ1n) is 4.58. The molecule has 2 aromatic rings. The van der Waals surface area contributed by atoms with Crippen molar-refractivity contribution in [3.8, 4) is 5.75 Å². The first-order chi connectivity index (χ1) is 7.24. The average Bonchev–Trinajstić information content (AvgIpc) is 2.26. The molecule has 3 heteroatoms. The minimum atomic E-state index is 0.0450. The summed E-state index contributed by atoms with van der Waals surface area (Å²) in [7, 11) is 0. The number of benzene rings is 1. The van der Waals surface area contributed by atoms with E-state index in [4.69, 9.17) is 16.6 Å². The molecule has 0 spiro atoms.